The molecule has 2 aromatic rings. The molecule has 0 unspecified atom stereocenters. The molecule has 33 heavy (non-hydrogen) atoms. The molecule has 1 saturated heterocycles. The van der Waals surface area contributed by atoms with Crippen molar-refractivity contribution in [2.75, 3.05) is 6.54 Å². The Hall–Kier alpha value is -3.28. The molecule has 12 heteroatoms. The lowest BCUT2D eigenvalue weighted by Crippen LogP contribution is -2.41. The number of carbonyl (C=O) groups is 3. The lowest BCUT2D eigenvalue weighted by Gasteiger charge is -2.14. The van der Waals surface area contributed by atoms with Crippen molar-refractivity contribution in [1.29, 1.82) is 0 Å². The number of hydrazine groups is 1. The van der Waals surface area contributed by atoms with Crippen LogP contribution in [0, 0.1) is 10.1 Å². The molecule has 1 heterocycles. The highest BCUT2D eigenvalue weighted by atomic mass is 35.5. The molecule has 0 aromatic heterocycles. The lowest BCUT2D eigenvalue weighted by molar-refractivity contribution is -0.384. The number of thioether (sulfide) groups is 1. The van der Waals surface area contributed by atoms with Crippen molar-refractivity contribution in [1.82, 2.24) is 15.8 Å². The quantitative estimate of drug-likeness (QED) is 0.255. The summed E-state index contributed by atoms with van der Waals surface area (Å²) < 4.78 is 0.387. The van der Waals surface area contributed by atoms with Crippen LogP contribution in [0.15, 0.2) is 53.4 Å². The van der Waals surface area contributed by atoms with E-state index in [0.717, 1.165) is 17.8 Å². The smallest absolute Gasteiger partial charge is 0.270 e. The van der Waals surface area contributed by atoms with Gasteiger partial charge < -0.3 is 0 Å². The summed E-state index contributed by atoms with van der Waals surface area (Å²) in [7, 11) is 0. The molecule has 170 valence electrons. The summed E-state index contributed by atoms with van der Waals surface area (Å²) in [5.41, 5.74) is 4.96. The van der Waals surface area contributed by atoms with E-state index in [4.69, 9.17) is 23.8 Å². The first-order valence-corrected chi connectivity index (χ1v) is 11.2. The largest absolute Gasteiger partial charge is 0.293 e. The SMILES string of the molecule is O=C(CCCN1C(=O)/C(=C\c2ccccc2Cl)SC1=S)NNC(=O)c1cccc([N+](=O)[O-])c1. The zero-order valence-electron chi connectivity index (χ0n) is 16.9. The highest BCUT2D eigenvalue weighted by Crippen LogP contribution is 2.33. The highest BCUT2D eigenvalue weighted by Gasteiger charge is 2.31. The summed E-state index contributed by atoms with van der Waals surface area (Å²) in [6, 6.07) is 12.2. The summed E-state index contributed by atoms with van der Waals surface area (Å²) in [6.07, 6.45) is 2.01. The molecule has 0 radical (unpaired) electrons. The molecule has 1 aliphatic heterocycles. The van der Waals surface area contributed by atoms with Crippen LogP contribution in [0.25, 0.3) is 6.08 Å². The monoisotopic (exact) mass is 504 g/mol. The van der Waals surface area contributed by atoms with Gasteiger partial charge in [-0.3, -0.25) is 40.2 Å². The van der Waals surface area contributed by atoms with E-state index >= 15 is 0 Å². The van der Waals surface area contributed by atoms with E-state index in [9.17, 15) is 24.5 Å². The van der Waals surface area contributed by atoms with Crippen molar-refractivity contribution in [3.8, 4) is 0 Å². The normalized spacial score (nSPS) is 14.5. The highest BCUT2D eigenvalue weighted by molar-refractivity contribution is 8.26. The second-order valence-corrected chi connectivity index (χ2v) is 8.85. The maximum atomic E-state index is 12.7. The maximum absolute atomic E-state index is 12.7. The summed E-state index contributed by atoms with van der Waals surface area (Å²) in [6.45, 7) is 0.233. The van der Waals surface area contributed by atoms with Crippen molar-refractivity contribution < 1.29 is 19.3 Å². The van der Waals surface area contributed by atoms with Crippen LogP contribution in [0.4, 0.5) is 5.69 Å². The summed E-state index contributed by atoms with van der Waals surface area (Å²) in [5, 5.41) is 11.3. The van der Waals surface area contributed by atoms with Crippen LogP contribution in [0.3, 0.4) is 0 Å². The predicted molar refractivity (Wildman–Crippen MR) is 129 cm³/mol. The van der Waals surface area contributed by atoms with Crippen molar-refractivity contribution in [3.05, 3.63) is 79.7 Å². The minimum absolute atomic E-state index is 0.0236. The van der Waals surface area contributed by atoms with Crippen LogP contribution in [0.2, 0.25) is 5.02 Å². The molecule has 3 amide bonds. The third-order valence-electron chi connectivity index (χ3n) is 4.49. The van der Waals surface area contributed by atoms with Gasteiger partial charge in [0.2, 0.25) is 5.91 Å². The molecule has 2 N–H and O–H groups in total. The number of benzene rings is 2. The van der Waals surface area contributed by atoms with Crippen LogP contribution in [0.1, 0.15) is 28.8 Å². The predicted octanol–water partition coefficient (Wildman–Crippen LogP) is 3.69. The topological polar surface area (TPSA) is 122 Å². The van der Waals surface area contributed by atoms with Crippen LogP contribution < -0.4 is 10.9 Å². The third-order valence-corrected chi connectivity index (χ3v) is 6.21. The molecular formula is C21H17ClN4O5S2. The molecular weight excluding hydrogens is 488 g/mol. The Morgan fingerprint density at radius 2 is 1.94 bits per heavy atom. The molecule has 0 spiro atoms. The number of non-ortho nitro benzene ring substituents is 1. The van der Waals surface area contributed by atoms with Gasteiger partial charge in [-0.15, -0.1) is 0 Å². The molecule has 0 atom stereocenters. The van der Waals surface area contributed by atoms with E-state index in [2.05, 4.69) is 10.9 Å². The first-order valence-electron chi connectivity index (χ1n) is 9.60. The number of hydrogen-bond acceptors (Lipinski definition) is 7. The molecule has 1 aliphatic rings. The number of thiocarbonyl (C=S) groups is 1. The minimum atomic E-state index is -0.686. The van der Waals surface area contributed by atoms with Gasteiger partial charge in [-0.2, -0.15) is 0 Å². The molecule has 0 saturated carbocycles. The van der Waals surface area contributed by atoms with Crippen molar-refractivity contribution in [2.45, 2.75) is 12.8 Å². The fourth-order valence-electron chi connectivity index (χ4n) is 2.85. The van der Waals surface area contributed by atoms with Crippen LogP contribution >= 0.6 is 35.6 Å². The molecule has 0 aliphatic carbocycles. The Labute approximate surface area is 203 Å². The van der Waals surface area contributed by atoms with Crippen molar-refractivity contribution in [3.63, 3.8) is 0 Å². The van der Waals surface area contributed by atoms with Crippen LogP contribution in [-0.4, -0.2) is 38.4 Å². The molecule has 0 bridgehead atoms. The zero-order valence-corrected chi connectivity index (χ0v) is 19.3. The number of nitrogens with zero attached hydrogens (tertiary/aromatic N) is 2. The fraction of sp³-hybridized carbons (Fsp3) is 0.143. The summed E-state index contributed by atoms with van der Waals surface area (Å²) in [5.74, 6) is -1.43. The number of nitrogens with one attached hydrogen (secondary N) is 2. The van der Waals surface area contributed by atoms with E-state index < -0.39 is 16.7 Å². The van der Waals surface area contributed by atoms with Crippen LogP contribution in [-0.2, 0) is 9.59 Å². The Kier molecular flexibility index (Phi) is 8.15. The number of rotatable bonds is 7. The Morgan fingerprint density at radius 3 is 2.67 bits per heavy atom. The zero-order chi connectivity index (χ0) is 24.0. The second-order valence-electron chi connectivity index (χ2n) is 6.77. The van der Waals surface area contributed by atoms with Crippen molar-refractivity contribution >= 4 is 69.4 Å². The lowest BCUT2D eigenvalue weighted by atomic mass is 10.2. The average molecular weight is 505 g/mol. The number of hydrogen-bond donors (Lipinski definition) is 2. The van der Waals surface area contributed by atoms with Gasteiger partial charge in [0.15, 0.2) is 0 Å². The number of halogens is 1. The minimum Gasteiger partial charge on any atom is -0.293 e. The van der Waals surface area contributed by atoms with E-state index in [1.54, 1.807) is 24.3 Å². The number of carbonyl (C=O) groups excluding carboxylic acids is 3. The fourth-order valence-corrected chi connectivity index (χ4v) is 4.34. The van der Waals surface area contributed by atoms with Crippen molar-refractivity contribution in [2.24, 2.45) is 0 Å². The molecule has 1 fully saturated rings. The third kappa shape index (κ3) is 6.37. The molecule has 3 rings (SSSR count). The Morgan fingerprint density at radius 1 is 1.18 bits per heavy atom. The number of nitro benzene ring substituents is 1. The number of amides is 3. The first kappa shape index (κ1) is 24.4. The average Bonchev–Trinajstić information content (AvgIpc) is 3.06. The van der Waals surface area contributed by atoms with E-state index in [0.29, 0.717) is 26.2 Å². The first-order chi connectivity index (χ1) is 15.8. The van der Waals surface area contributed by atoms with Gasteiger partial charge in [-0.25, -0.2) is 0 Å². The van der Waals surface area contributed by atoms with E-state index in [1.165, 1.54) is 23.1 Å². The van der Waals surface area contributed by atoms with E-state index in [1.807, 2.05) is 6.07 Å². The van der Waals surface area contributed by atoms with Gasteiger partial charge in [0.1, 0.15) is 4.32 Å². The molecule has 2 aromatic carbocycles. The van der Waals surface area contributed by atoms with Crippen LogP contribution in [0.5, 0.6) is 0 Å². The van der Waals surface area contributed by atoms with Gasteiger partial charge in [-0.1, -0.05) is 59.8 Å². The Balaban J connectivity index is 1.47. The van der Waals surface area contributed by atoms with E-state index in [-0.39, 0.29) is 30.1 Å². The molecule has 9 nitrogen and oxygen atoms in total. The van der Waals surface area contributed by atoms with Gasteiger partial charge in [0.25, 0.3) is 17.5 Å². The standard InChI is InChI=1S/C21H17ClN4O5S2/c22-16-8-2-1-5-13(16)12-17-20(29)25(21(32)33-17)10-4-9-18(27)23-24-19(28)14-6-3-7-15(11-14)26(30)31/h1-3,5-8,11-12H,4,9-10H2,(H,23,27)(H,24,28)/b17-12+. The van der Waals surface area contributed by atoms with Gasteiger partial charge >= 0.3 is 0 Å². The Bertz CT molecular complexity index is 1170. The maximum Gasteiger partial charge on any atom is 0.270 e. The second kappa shape index (κ2) is 11.0. The van der Waals surface area contributed by atoms with Gasteiger partial charge in [0.05, 0.1) is 9.83 Å². The summed E-state index contributed by atoms with van der Waals surface area (Å²) in [4.78, 5) is 48.8. The summed E-state index contributed by atoms with van der Waals surface area (Å²) >= 11 is 12.6. The van der Waals surface area contributed by atoms with Gasteiger partial charge in [0, 0.05) is 35.7 Å². The van der Waals surface area contributed by atoms with Gasteiger partial charge in [-0.05, 0) is 30.2 Å². The number of nitro groups is 1.